The monoisotopic (exact) mass is 258 g/mol. The SMILES string of the molecule is Cc1c(Br)n[nH]c1CN1CCNCC1. The quantitative estimate of drug-likeness (QED) is 0.828. The molecule has 1 aromatic heterocycles. The molecular weight excluding hydrogens is 244 g/mol. The smallest absolute Gasteiger partial charge is 0.131 e. The molecule has 1 aromatic rings. The van der Waals surface area contributed by atoms with Gasteiger partial charge in [0.05, 0.1) is 5.69 Å². The number of rotatable bonds is 2. The van der Waals surface area contributed by atoms with Crippen molar-refractivity contribution >= 4 is 15.9 Å². The zero-order chi connectivity index (χ0) is 9.97. The molecule has 1 aliphatic heterocycles. The van der Waals surface area contributed by atoms with E-state index in [-0.39, 0.29) is 0 Å². The van der Waals surface area contributed by atoms with Gasteiger partial charge in [-0.05, 0) is 22.9 Å². The minimum atomic E-state index is 0.933. The fraction of sp³-hybridized carbons (Fsp3) is 0.667. The molecule has 0 saturated carbocycles. The third-order valence-electron chi connectivity index (χ3n) is 2.64. The number of hydrogen-bond donors (Lipinski definition) is 2. The maximum absolute atomic E-state index is 4.13. The van der Waals surface area contributed by atoms with E-state index in [1.165, 1.54) is 11.3 Å². The molecule has 0 amide bonds. The predicted octanol–water partition coefficient (Wildman–Crippen LogP) is 0.886. The molecule has 0 aliphatic carbocycles. The molecule has 14 heavy (non-hydrogen) atoms. The molecular formula is C9H15BrN4. The molecule has 2 heterocycles. The summed E-state index contributed by atoms with van der Waals surface area (Å²) >= 11 is 3.41. The summed E-state index contributed by atoms with van der Waals surface area (Å²) < 4.78 is 0.933. The molecule has 0 radical (unpaired) electrons. The Balaban J connectivity index is 1.99. The van der Waals surface area contributed by atoms with Gasteiger partial charge in [-0.3, -0.25) is 10.00 Å². The Bertz CT molecular complexity index is 304. The van der Waals surface area contributed by atoms with Gasteiger partial charge in [-0.1, -0.05) is 0 Å². The van der Waals surface area contributed by atoms with Crippen LogP contribution in [-0.2, 0) is 6.54 Å². The van der Waals surface area contributed by atoms with Crippen molar-refractivity contribution in [3.05, 3.63) is 15.9 Å². The highest BCUT2D eigenvalue weighted by molar-refractivity contribution is 9.10. The van der Waals surface area contributed by atoms with Gasteiger partial charge in [0, 0.05) is 38.3 Å². The summed E-state index contributed by atoms with van der Waals surface area (Å²) in [5, 5.41) is 10.5. The first-order valence-electron chi connectivity index (χ1n) is 4.90. The number of H-pyrrole nitrogens is 1. The highest BCUT2D eigenvalue weighted by atomic mass is 79.9. The third kappa shape index (κ3) is 2.16. The molecule has 0 spiro atoms. The second-order valence-electron chi connectivity index (χ2n) is 3.64. The van der Waals surface area contributed by atoms with Crippen LogP contribution < -0.4 is 5.32 Å². The van der Waals surface area contributed by atoms with Crippen LogP contribution in [0.2, 0.25) is 0 Å². The highest BCUT2D eigenvalue weighted by Gasteiger charge is 2.13. The molecule has 2 rings (SSSR count). The summed E-state index contributed by atoms with van der Waals surface area (Å²) in [6, 6.07) is 0. The zero-order valence-corrected chi connectivity index (χ0v) is 9.89. The number of hydrogen-bond acceptors (Lipinski definition) is 3. The number of nitrogens with one attached hydrogen (secondary N) is 2. The zero-order valence-electron chi connectivity index (χ0n) is 8.31. The van der Waals surface area contributed by atoms with Crippen LogP contribution in [0.15, 0.2) is 4.60 Å². The van der Waals surface area contributed by atoms with E-state index in [0.29, 0.717) is 0 Å². The average Bonchev–Trinajstić information content (AvgIpc) is 2.52. The van der Waals surface area contributed by atoms with Gasteiger partial charge in [0.25, 0.3) is 0 Å². The summed E-state index contributed by atoms with van der Waals surface area (Å²) in [5.74, 6) is 0. The van der Waals surface area contributed by atoms with E-state index in [1.807, 2.05) is 0 Å². The Labute approximate surface area is 92.2 Å². The van der Waals surface area contributed by atoms with E-state index in [1.54, 1.807) is 0 Å². The predicted molar refractivity (Wildman–Crippen MR) is 59.2 cm³/mol. The van der Waals surface area contributed by atoms with Crippen molar-refractivity contribution < 1.29 is 0 Å². The third-order valence-corrected chi connectivity index (χ3v) is 3.41. The molecule has 0 atom stereocenters. The van der Waals surface area contributed by atoms with Gasteiger partial charge in [-0.15, -0.1) is 0 Å². The Kier molecular flexibility index (Phi) is 3.20. The number of nitrogens with zero attached hydrogens (tertiary/aromatic N) is 2. The maximum atomic E-state index is 4.13. The van der Waals surface area contributed by atoms with Crippen LogP contribution in [0.25, 0.3) is 0 Å². The first-order chi connectivity index (χ1) is 6.77. The fourth-order valence-electron chi connectivity index (χ4n) is 1.66. The van der Waals surface area contributed by atoms with E-state index in [0.717, 1.165) is 37.3 Å². The molecule has 1 saturated heterocycles. The fourth-order valence-corrected chi connectivity index (χ4v) is 1.98. The van der Waals surface area contributed by atoms with Crippen molar-refractivity contribution in [1.82, 2.24) is 20.4 Å². The summed E-state index contributed by atoms with van der Waals surface area (Å²) in [7, 11) is 0. The van der Waals surface area contributed by atoms with Crippen LogP contribution in [-0.4, -0.2) is 41.3 Å². The Hall–Kier alpha value is -0.390. The molecule has 0 aromatic carbocycles. The summed E-state index contributed by atoms with van der Waals surface area (Å²) in [6.45, 7) is 7.49. The summed E-state index contributed by atoms with van der Waals surface area (Å²) in [6.07, 6.45) is 0. The van der Waals surface area contributed by atoms with Crippen LogP contribution >= 0.6 is 15.9 Å². The van der Waals surface area contributed by atoms with Gasteiger partial charge in [0.1, 0.15) is 4.60 Å². The highest BCUT2D eigenvalue weighted by Crippen LogP contribution is 2.17. The molecule has 0 unspecified atom stereocenters. The van der Waals surface area contributed by atoms with Crippen molar-refractivity contribution in [2.24, 2.45) is 0 Å². The van der Waals surface area contributed by atoms with E-state index < -0.39 is 0 Å². The van der Waals surface area contributed by atoms with Crippen LogP contribution in [0, 0.1) is 6.92 Å². The lowest BCUT2D eigenvalue weighted by Gasteiger charge is -2.26. The van der Waals surface area contributed by atoms with E-state index in [2.05, 4.69) is 43.3 Å². The van der Waals surface area contributed by atoms with Crippen LogP contribution in [0.3, 0.4) is 0 Å². The van der Waals surface area contributed by atoms with E-state index >= 15 is 0 Å². The summed E-state index contributed by atoms with van der Waals surface area (Å²) in [5.41, 5.74) is 2.45. The Morgan fingerprint density at radius 3 is 2.71 bits per heavy atom. The Morgan fingerprint density at radius 1 is 1.43 bits per heavy atom. The molecule has 0 bridgehead atoms. The molecule has 4 nitrogen and oxygen atoms in total. The normalized spacial score (nSPS) is 18.7. The molecule has 1 fully saturated rings. The van der Waals surface area contributed by atoms with Crippen molar-refractivity contribution in [1.29, 1.82) is 0 Å². The summed E-state index contributed by atoms with van der Waals surface area (Å²) in [4.78, 5) is 2.43. The van der Waals surface area contributed by atoms with Gasteiger partial charge in [0.15, 0.2) is 0 Å². The first kappa shape index (κ1) is 10.1. The van der Waals surface area contributed by atoms with Crippen molar-refractivity contribution in [2.75, 3.05) is 26.2 Å². The molecule has 1 aliphatic rings. The lowest BCUT2D eigenvalue weighted by Crippen LogP contribution is -2.43. The number of aromatic amines is 1. The van der Waals surface area contributed by atoms with Crippen molar-refractivity contribution in [3.8, 4) is 0 Å². The molecule has 2 N–H and O–H groups in total. The molecule has 78 valence electrons. The number of aromatic nitrogens is 2. The van der Waals surface area contributed by atoms with Crippen LogP contribution in [0.4, 0.5) is 0 Å². The lowest BCUT2D eigenvalue weighted by atomic mass is 10.2. The van der Waals surface area contributed by atoms with Gasteiger partial charge in [-0.2, -0.15) is 5.10 Å². The van der Waals surface area contributed by atoms with Crippen molar-refractivity contribution in [2.45, 2.75) is 13.5 Å². The van der Waals surface area contributed by atoms with Gasteiger partial charge < -0.3 is 5.32 Å². The standard InChI is InChI=1S/C9H15BrN4/c1-7-8(12-13-9(7)10)6-14-4-2-11-3-5-14/h11H,2-6H2,1H3,(H,12,13). The average molecular weight is 259 g/mol. The minimum absolute atomic E-state index is 0.933. The maximum Gasteiger partial charge on any atom is 0.131 e. The van der Waals surface area contributed by atoms with E-state index in [4.69, 9.17) is 0 Å². The van der Waals surface area contributed by atoms with Crippen LogP contribution in [0.5, 0.6) is 0 Å². The topological polar surface area (TPSA) is 44.0 Å². The van der Waals surface area contributed by atoms with Gasteiger partial charge >= 0.3 is 0 Å². The van der Waals surface area contributed by atoms with Gasteiger partial charge in [0.2, 0.25) is 0 Å². The minimum Gasteiger partial charge on any atom is -0.314 e. The number of halogens is 1. The Morgan fingerprint density at radius 2 is 2.14 bits per heavy atom. The number of piperazine rings is 1. The largest absolute Gasteiger partial charge is 0.314 e. The van der Waals surface area contributed by atoms with Gasteiger partial charge in [-0.25, -0.2) is 0 Å². The van der Waals surface area contributed by atoms with E-state index in [9.17, 15) is 0 Å². The first-order valence-corrected chi connectivity index (χ1v) is 5.69. The second-order valence-corrected chi connectivity index (χ2v) is 4.40. The van der Waals surface area contributed by atoms with Crippen LogP contribution in [0.1, 0.15) is 11.3 Å². The lowest BCUT2D eigenvalue weighted by molar-refractivity contribution is 0.230. The second kappa shape index (κ2) is 4.42. The van der Waals surface area contributed by atoms with Crippen molar-refractivity contribution in [3.63, 3.8) is 0 Å². The molecule has 5 heteroatoms.